The Bertz CT molecular complexity index is 982. The average molecular weight is 433 g/mol. The summed E-state index contributed by atoms with van der Waals surface area (Å²) in [7, 11) is 1.80. The van der Waals surface area contributed by atoms with Gasteiger partial charge in [-0.15, -0.1) is 0 Å². The minimum Gasteiger partial charge on any atom is -0.383 e. The SMILES string of the molecule is COCC1NCCN(c2ccc(C)c(C)c2)C1CCCCc1ccnn1-c1ccccc1. The van der Waals surface area contributed by atoms with E-state index in [1.54, 1.807) is 7.11 Å². The first-order chi connectivity index (χ1) is 15.7. The Hall–Kier alpha value is -2.63. The van der Waals surface area contributed by atoms with Gasteiger partial charge in [-0.1, -0.05) is 30.7 Å². The lowest BCUT2D eigenvalue weighted by molar-refractivity contribution is 0.143. The van der Waals surface area contributed by atoms with E-state index in [1.165, 1.54) is 28.9 Å². The number of methoxy groups -OCH3 is 1. The molecule has 1 fully saturated rings. The number of benzene rings is 2. The largest absolute Gasteiger partial charge is 0.383 e. The van der Waals surface area contributed by atoms with Gasteiger partial charge in [-0.25, -0.2) is 4.68 Å². The second kappa shape index (κ2) is 10.8. The molecule has 1 N–H and O–H groups in total. The average Bonchev–Trinajstić information content (AvgIpc) is 3.28. The van der Waals surface area contributed by atoms with Crippen LogP contribution in [0.3, 0.4) is 0 Å². The molecule has 2 aromatic carbocycles. The van der Waals surface area contributed by atoms with Crippen molar-refractivity contribution in [2.75, 3.05) is 31.7 Å². The zero-order chi connectivity index (χ0) is 22.3. The third kappa shape index (κ3) is 5.22. The number of hydrogen-bond donors (Lipinski definition) is 1. The fraction of sp³-hybridized carbons (Fsp3) is 0.444. The molecular formula is C27H36N4O. The Morgan fingerprint density at radius 1 is 1.00 bits per heavy atom. The van der Waals surface area contributed by atoms with Crippen molar-refractivity contribution in [2.45, 2.75) is 51.6 Å². The molecular weight excluding hydrogens is 396 g/mol. The number of aryl methyl sites for hydroxylation is 3. The van der Waals surface area contributed by atoms with Gasteiger partial charge in [0.1, 0.15) is 0 Å². The van der Waals surface area contributed by atoms with Crippen LogP contribution >= 0.6 is 0 Å². The van der Waals surface area contributed by atoms with E-state index in [9.17, 15) is 0 Å². The first-order valence-corrected chi connectivity index (χ1v) is 11.8. The number of nitrogens with zero attached hydrogens (tertiary/aromatic N) is 3. The second-order valence-electron chi connectivity index (χ2n) is 8.86. The van der Waals surface area contributed by atoms with E-state index in [2.05, 4.69) is 82.4 Å². The van der Waals surface area contributed by atoms with Gasteiger partial charge >= 0.3 is 0 Å². The third-order valence-electron chi connectivity index (χ3n) is 6.70. The van der Waals surface area contributed by atoms with Crippen LogP contribution in [0.1, 0.15) is 36.1 Å². The second-order valence-corrected chi connectivity index (χ2v) is 8.86. The van der Waals surface area contributed by atoms with Gasteiger partial charge in [-0.2, -0.15) is 5.10 Å². The highest BCUT2D eigenvalue weighted by molar-refractivity contribution is 5.52. The lowest BCUT2D eigenvalue weighted by Crippen LogP contribution is -2.59. The van der Waals surface area contributed by atoms with Gasteiger partial charge in [0.2, 0.25) is 0 Å². The number of hydrogen-bond acceptors (Lipinski definition) is 4. The van der Waals surface area contributed by atoms with E-state index in [0.717, 1.165) is 44.6 Å². The molecule has 1 aliphatic rings. The van der Waals surface area contributed by atoms with Crippen LogP contribution in [0.25, 0.3) is 5.69 Å². The first-order valence-electron chi connectivity index (χ1n) is 11.8. The maximum Gasteiger partial charge on any atom is 0.0648 e. The van der Waals surface area contributed by atoms with E-state index in [4.69, 9.17) is 4.74 Å². The van der Waals surface area contributed by atoms with E-state index < -0.39 is 0 Å². The van der Waals surface area contributed by atoms with Crippen molar-refractivity contribution in [1.29, 1.82) is 0 Å². The topological polar surface area (TPSA) is 42.3 Å². The van der Waals surface area contributed by atoms with Crippen LogP contribution < -0.4 is 10.2 Å². The van der Waals surface area contributed by atoms with E-state index in [1.807, 2.05) is 12.3 Å². The molecule has 1 saturated heterocycles. The molecule has 0 radical (unpaired) electrons. The fourth-order valence-electron chi connectivity index (χ4n) is 4.80. The molecule has 2 atom stereocenters. The number of unbranched alkanes of at least 4 members (excludes halogenated alkanes) is 1. The Labute approximate surface area is 192 Å². The summed E-state index contributed by atoms with van der Waals surface area (Å²) in [5.74, 6) is 0. The molecule has 5 nitrogen and oxygen atoms in total. The zero-order valence-corrected chi connectivity index (χ0v) is 19.6. The number of ether oxygens (including phenoxy) is 1. The monoisotopic (exact) mass is 432 g/mol. The van der Waals surface area contributed by atoms with E-state index in [-0.39, 0.29) is 0 Å². The molecule has 0 amide bonds. The highest BCUT2D eigenvalue weighted by Gasteiger charge is 2.31. The minimum absolute atomic E-state index is 0.352. The minimum atomic E-state index is 0.352. The molecule has 0 saturated carbocycles. The van der Waals surface area contributed by atoms with Crippen molar-refractivity contribution in [3.05, 3.63) is 77.6 Å². The summed E-state index contributed by atoms with van der Waals surface area (Å²) in [5.41, 5.74) is 6.45. The molecule has 3 aromatic rings. The van der Waals surface area contributed by atoms with Gasteiger partial charge < -0.3 is 15.0 Å². The van der Waals surface area contributed by atoms with Crippen LogP contribution in [0, 0.1) is 13.8 Å². The van der Waals surface area contributed by atoms with Gasteiger partial charge in [-0.3, -0.25) is 0 Å². The molecule has 2 unspecified atom stereocenters. The highest BCUT2D eigenvalue weighted by Crippen LogP contribution is 2.26. The molecule has 0 spiro atoms. The Kier molecular flexibility index (Phi) is 7.61. The lowest BCUT2D eigenvalue weighted by atomic mass is 9.95. The standard InChI is InChI=1S/C27H36N4O/c1-21-13-14-25(19-22(21)2)30-18-17-28-26(20-32-3)27(30)12-8-7-11-24-15-16-29-31(24)23-9-5-4-6-10-23/h4-6,9-10,13-16,19,26-28H,7-8,11-12,17-18,20H2,1-3H3. The first kappa shape index (κ1) is 22.6. The summed E-state index contributed by atoms with van der Waals surface area (Å²) in [6, 6.07) is 20.2. The summed E-state index contributed by atoms with van der Waals surface area (Å²) >= 11 is 0. The van der Waals surface area contributed by atoms with Gasteiger partial charge in [0, 0.05) is 43.8 Å². The summed E-state index contributed by atoms with van der Waals surface area (Å²) < 4.78 is 7.63. The number of aromatic nitrogens is 2. The van der Waals surface area contributed by atoms with Gasteiger partial charge in [0.15, 0.2) is 0 Å². The molecule has 5 heteroatoms. The van der Waals surface area contributed by atoms with Crippen LogP contribution in [0.5, 0.6) is 0 Å². The maximum absolute atomic E-state index is 5.57. The van der Waals surface area contributed by atoms with Gasteiger partial charge in [0.05, 0.1) is 18.3 Å². The summed E-state index contributed by atoms with van der Waals surface area (Å²) in [6.45, 7) is 7.16. The maximum atomic E-state index is 5.57. The normalized spacial score (nSPS) is 18.8. The van der Waals surface area contributed by atoms with Crippen molar-refractivity contribution in [3.8, 4) is 5.69 Å². The summed E-state index contributed by atoms with van der Waals surface area (Å²) in [4.78, 5) is 2.60. The fourth-order valence-corrected chi connectivity index (χ4v) is 4.80. The quantitative estimate of drug-likeness (QED) is 0.498. The van der Waals surface area contributed by atoms with E-state index in [0.29, 0.717) is 12.1 Å². The molecule has 1 aliphatic heterocycles. The lowest BCUT2D eigenvalue weighted by Gasteiger charge is -2.43. The number of nitrogens with one attached hydrogen (secondary N) is 1. The molecule has 0 bridgehead atoms. The number of piperazine rings is 1. The van der Waals surface area contributed by atoms with Crippen molar-refractivity contribution >= 4 is 5.69 Å². The van der Waals surface area contributed by atoms with Crippen molar-refractivity contribution < 1.29 is 4.74 Å². The van der Waals surface area contributed by atoms with Crippen LogP contribution in [-0.2, 0) is 11.2 Å². The van der Waals surface area contributed by atoms with Crippen LogP contribution in [0.4, 0.5) is 5.69 Å². The molecule has 4 rings (SSSR count). The van der Waals surface area contributed by atoms with Crippen LogP contribution in [-0.4, -0.2) is 48.7 Å². The van der Waals surface area contributed by atoms with Crippen LogP contribution in [0.2, 0.25) is 0 Å². The zero-order valence-electron chi connectivity index (χ0n) is 19.6. The predicted octanol–water partition coefficient (Wildman–Crippen LogP) is 4.70. The molecule has 0 aliphatic carbocycles. The van der Waals surface area contributed by atoms with Gasteiger partial charge in [0.25, 0.3) is 0 Å². The summed E-state index contributed by atoms with van der Waals surface area (Å²) in [6.07, 6.45) is 6.41. The van der Waals surface area contributed by atoms with Crippen molar-refractivity contribution in [2.24, 2.45) is 0 Å². The van der Waals surface area contributed by atoms with Crippen molar-refractivity contribution in [3.63, 3.8) is 0 Å². The highest BCUT2D eigenvalue weighted by atomic mass is 16.5. The Balaban J connectivity index is 1.41. The number of para-hydroxylation sites is 1. The van der Waals surface area contributed by atoms with Crippen LogP contribution in [0.15, 0.2) is 60.8 Å². The Morgan fingerprint density at radius 3 is 2.62 bits per heavy atom. The third-order valence-corrected chi connectivity index (χ3v) is 6.70. The van der Waals surface area contributed by atoms with Crippen molar-refractivity contribution in [1.82, 2.24) is 15.1 Å². The van der Waals surface area contributed by atoms with Gasteiger partial charge in [-0.05, 0) is 74.6 Å². The molecule has 170 valence electrons. The molecule has 2 heterocycles. The van der Waals surface area contributed by atoms with E-state index >= 15 is 0 Å². The molecule has 32 heavy (non-hydrogen) atoms. The number of rotatable bonds is 9. The molecule has 1 aromatic heterocycles. The smallest absolute Gasteiger partial charge is 0.0648 e. The Morgan fingerprint density at radius 2 is 1.84 bits per heavy atom. The predicted molar refractivity (Wildman–Crippen MR) is 132 cm³/mol. The number of anilines is 1. The summed E-state index contributed by atoms with van der Waals surface area (Å²) in [5, 5.41) is 8.24.